The van der Waals surface area contributed by atoms with Gasteiger partial charge in [-0.05, 0) is 64.3 Å². The summed E-state index contributed by atoms with van der Waals surface area (Å²) in [5, 5.41) is 3.39. The summed E-state index contributed by atoms with van der Waals surface area (Å²) in [6, 6.07) is 0.269. The molecule has 1 aromatic rings. The Morgan fingerprint density at radius 1 is 1.30 bits per heavy atom. The third-order valence-electron chi connectivity index (χ3n) is 3.32. The van der Waals surface area contributed by atoms with Gasteiger partial charge in [0, 0.05) is 6.54 Å². The molecule has 112 valence electrons. The van der Waals surface area contributed by atoms with E-state index in [0.29, 0.717) is 11.9 Å². The van der Waals surface area contributed by atoms with Crippen LogP contribution in [-0.4, -0.2) is 52.6 Å². The molecule has 7 heteroatoms. The quantitative estimate of drug-likeness (QED) is 0.898. The minimum Gasteiger partial charge on any atom is -0.461 e. The van der Waals surface area contributed by atoms with Gasteiger partial charge in [-0.15, -0.1) is 0 Å². The Balaban J connectivity index is 1.90. The summed E-state index contributed by atoms with van der Waals surface area (Å²) in [7, 11) is 2.16. The highest BCUT2D eigenvalue weighted by Gasteiger charge is 2.17. The molecule has 2 heterocycles. The van der Waals surface area contributed by atoms with Gasteiger partial charge in [-0.1, -0.05) is 0 Å². The zero-order chi connectivity index (χ0) is 14.5. The first-order chi connectivity index (χ1) is 9.52. The Morgan fingerprint density at radius 2 is 2.00 bits per heavy atom. The van der Waals surface area contributed by atoms with Crippen LogP contribution in [0.25, 0.3) is 0 Å². The van der Waals surface area contributed by atoms with E-state index in [1.807, 2.05) is 13.8 Å². The fourth-order valence-electron chi connectivity index (χ4n) is 2.18. The first kappa shape index (κ1) is 15.3. The van der Waals surface area contributed by atoms with Gasteiger partial charge in [0.15, 0.2) is 0 Å². The van der Waals surface area contributed by atoms with Crippen LogP contribution >= 0.6 is 11.6 Å². The van der Waals surface area contributed by atoms with Crippen LogP contribution in [0.2, 0.25) is 5.28 Å². The standard InChI is InChI=1S/C13H22ClN5O/c1-9(2)20-13-17-11(14)16-12(18-13)15-8-10-4-6-19(3)7-5-10/h9-10H,4-8H2,1-3H3,(H,15,16,17,18). The van der Waals surface area contributed by atoms with Crippen LogP contribution in [0.3, 0.4) is 0 Å². The predicted octanol–water partition coefficient (Wildman–Crippen LogP) is 2.07. The van der Waals surface area contributed by atoms with Gasteiger partial charge in [0.05, 0.1) is 6.10 Å². The predicted molar refractivity (Wildman–Crippen MR) is 79.3 cm³/mol. The smallest absolute Gasteiger partial charge is 0.322 e. The number of halogens is 1. The normalized spacial score (nSPS) is 17.4. The summed E-state index contributed by atoms with van der Waals surface area (Å²) in [5.74, 6) is 1.13. The van der Waals surface area contributed by atoms with Crippen LogP contribution in [0.15, 0.2) is 0 Å². The lowest BCUT2D eigenvalue weighted by Gasteiger charge is -2.28. The Morgan fingerprint density at radius 3 is 2.65 bits per heavy atom. The number of piperidine rings is 1. The van der Waals surface area contributed by atoms with Gasteiger partial charge in [0.25, 0.3) is 0 Å². The van der Waals surface area contributed by atoms with E-state index >= 15 is 0 Å². The zero-order valence-corrected chi connectivity index (χ0v) is 13.0. The average Bonchev–Trinajstić information content (AvgIpc) is 2.36. The fourth-order valence-corrected chi connectivity index (χ4v) is 2.33. The molecule has 1 fully saturated rings. The molecule has 2 rings (SSSR count). The number of hydrogen-bond acceptors (Lipinski definition) is 6. The number of anilines is 1. The van der Waals surface area contributed by atoms with Gasteiger partial charge in [-0.2, -0.15) is 15.0 Å². The molecule has 0 bridgehead atoms. The molecule has 1 N–H and O–H groups in total. The van der Waals surface area contributed by atoms with Crippen molar-refractivity contribution in [2.75, 3.05) is 32.0 Å². The SMILES string of the molecule is CC(C)Oc1nc(Cl)nc(NCC2CCN(C)CC2)n1. The highest BCUT2D eigenvalue weighted by atomic mass is 35.5. The van der Waals surface area contributed by atoms with Crippen molar-refractivity contribution in [3.05, 3.63) is 5.28 Å². The molecule has 0 spiro atoms. The molecule has 0 unspecified atom stereocenters. The van der Waals surface area contributed by atoms with Gasteiger partial charge < -0.3 is 15.0 Å². The maximum Gasteiger partial charge on any atom is 0.322 e. The first-order valence-corrected chi connectivity index (χ1v) is 7.41. The zero-order valence-electron chi connectivity index (χ0n) is 12.3. The molecular formula is C13H22ClN5O. The van der Waals surface area contributed by atoms with E-state index in [9.17, 15) is 0 Å². The van der Waals surface area contributed by atoms with Crippen LogP contribution in [0.5, 0.6) is 6.01 Å². The Bertz CT molecular complexity index is 435. The van der Waals surface area contributed by atoms with Crippen molar-refractivity contribution in [1.82, 2.24) is 19.9 Å². The number of ether oxygens (including phenoxy) is 1. The van der Waals surface area contributed by atoms with Crippen LogP contribution in [0, 0.1) is 5.92 Å². The summed E-state index contributed by atoms with van der Waals surface area (Å²) in [5.41, 5.74) is 0. The van der Waals surface area contributed by atoms with Crippen molar-refractivity contribution in [3.63, 3.8) is 0 Å². The minimum absolute atomic E-state index is 0.00944. The van der Waals surface area contributed by atoms with E-state index in [-0.39, 0.29) is 17.4 Å². The first-order valence-electron chi connectivity index (χ1n) is 7.03. The van der Waals surface area contributed by atoms with E-state index in [2.05, 4.69) is 32.2 Å². The third kappa shape index (κ3) is 4.76. The van der Waals surface area contributed by atoms with Crippen molar-refractivity contribution < 1.29 is 4.74 Å². The number of likely N-dealkylation sites (tertiary alicyclic amines) is 1. The Hall–Kier alpha value is -1.14. The molecule has 0 radical (unpaired) electrons. The second kappa shape index (κ2) is 7.04. The molecule has 1 aromatic heterocycles. The molecule has 1 aliphatic rings. The van der Waals surface area contributed by atoms with Crippen molar-refractivity contribution in [3.8, 4) is 6.01 Å². The molecule has 1 aliphatic heterocycles. The molecule has 0 saturated carbocycles. The van der Waals surface area contributed by atoms with E-state index in [1.54, 1.807) is 0 Å². The summed E-state index contributed by atoms with van der Waals surface area (Å²) in [6.07, 6.45) is 2.39. The molecule has 0 aromatic carbocycles. The third-order valence-corrected chi connectivity index (χ3v) is 3.48. The van der Waals surface area contributed by atoms with E-state index in [4.69, 9.17) is 16.3 Å². The molecule has 0 atom stereocenters. The van der Waals surface area contributed by atoms with Gasteiger partial charge in [-0.25, -0.2) is 0 Å². The van der Waals surface area contributed by atoms with E-state index in [1.165, 1.54) is 12.8 Å². The Labute approximate surface area is 124 Å². The van der Waals surface area contributed by atoms with Gasteiger partial charge in [0.1, 0.15) is 0 Å². The summed E-state index contributed by atoms with van der Waals surface area (Å²) in [4.78, 5) is 14.6. The molecule has 1 saturated heterocycles. The summed E-state index contributed by atoms with van der Waals surface area (Å²) < 4.78 is 5.45. The van der Waals surface area contributed by atoms with Crippen molar-refractivity contribution >= 4 is 17.5 Å². The van der Waals surface area contributed by atoms with Gasteiger partial charge in [0.2, 0.25) is 11.2 Å². The van der Waals surface area contributed by atoms with Crippen molar-refractivity contribution in [2.45, 2.75) is 32.8 Å². The van der Waals surface area contributed by atoms with Crippen LogP contribution in [0.1, 0.15) is 26.7 Å². The molecule has 20 heavy (non-hydrogen) atoms. The maximum absolute atomic E-state index is 5.89. The van der Waals surface area contributed by atoms with Gasteiger partial charge >= 0.3 is 6.01 Å². The van der Waals surface area contributed by atoms with E-state index < -0.39 is 0 Å². The highest BCUT2D eigenvalue weighted by Crippen LogP contribution is 2.17. The van der Waals surface area contributed by atoms with Crippen LogP contribution in [-0.2, 0) is 0 Å². The lowest BCUT2D eigenvalue weighted by atomic mass is 9.97. The molecule has 6 nitrogen and oxygen atoms in total. The summed E-state index contributed by atoms with van der Waals surface area (Å²) >= 11 is 5.89. The maximum atomic E-state index is 5.89. The largest absolute Gasteiger partial charge is 0.461 e. The Kier molecular flexibility index (Phi) is 5.37. The average molecular weight is 300 g/mol. The number of nitrogens with zero attached hydrogens (tertiary/aromatic N) is 4. The second-order valence-electron chi connectivity index (χ2n) is 5.50. The molecular weight excluding hydrogens is 278 g/mol. The van der Waals surface area contributed by atoms with Crippen LogP contribution in [0.4, 0.5) is 5.95 Å². The minimum atomic E-state index is 0.00944. The van der Waals surface area contributed by atoms with Crippen molar-refractivity contribution in [1.29, 1.82) is 0 Å². The lowest BCUT2D eigenvalue weighted by molar-refractivity contribution is 0.221. The van der Waals surface area contributed by atoms with Gasteiger partial charge in [-0.3, -0.25) is 0 Å². The number of rotatable bonds is 5. The molecule has 0 amide bonds. The summed E-state index contributed by atoms with van der Waals surface area (Å²) in [6.45, 7) is 6.99. The number of nitrogens with one attached hydrogen (secondary N) is 1. The topological polar surface area (TPSA) is 63.2 Å². The monoisotopic (exact) mass is 299 g/mol. The second-order valence-corrected chi connectivity index (χ2v) is 5.84. The van der Waals surface area contributed by atoms with E-state index in [0.717, 1.165) is 19.6 Å². The van der Waals surface area contributed by atoms with Crippen LogP contribution < -0.4 is 10.1 Å². The highest BCUT2D eigenvalue weighted by molar-refractivity contribution is 6.28. The molecule has 0 aliphatic carbocycles. The fraction of sp³-hybridized carbons (Fsp3) is 0.769. The lowest BCUT2D eigenvalue weighted by Crippen LogP contribution is -2.33. The van der Waals surface area contributed by atoms with Crippen molar-refractivity contribution in [2.24, 2.45) is 5.92 Å². The number of aromatic nitrogens is 3. The number of hydrogen-bond donors (Lipinski definition) is 1.